The van der Waals surface area contributed by atoms with E-state index in [1.807, 2.05) is 18.2 Å². The van der Waals surface area contributed by atoms with Crippen molar-refractivity contribution < 1.29 is 19.1 Å². The normalized spacial score (nSPS) is 16.4. The monoisotopic (exact) mass is 599 g/mol. The van der Waals surface area contributed by atoms with Crippen molar-refractivity contribution in [1.29, 1.82) is 0 Å². The summed E-state index contributed by atoms with van der Waals surface area (Å²) in [5.74, 6) is 0.530. The van der Waals surface area contributed by atoms with Gasteiger partial charge in [-0.25, -0.2) is 9.97 Å². The summed E-state index contributed by atoms with van der Waals surface area (Å²) in [7, 11) is 0. The number of nitrogens with one attached hydrogen (secondary N) is 3. The zero-order valence-electron chi connectivity index (χ0n) is 25.0. The predicted octanol–water partition coefficient (Wildman–Crippen LogP) is 3.89. The number of rotatable bonds is 9. The molecular weight excluding hydrogens is 558 g/mol. The molecule has 232 valence electrons. The first-order chi connectivity index (χ1) is 21.5. The van der Waals surface area contributed by atoms with Gasteiger partial charge in [-0.3, -0.25) is 14.4 Å². The van der Waals surface area contributed by atoms with Crippen molar-refractivity contribution in [3.8, 4) is 0 Å². The highest BCUT2D eigenvalue weighted by atomic mass is 16.5. The Morgan fingerprint density at radius 3 is 1.98 bits per heavy atom. The van der Waals surface area contributed by atoms with Crippen molar-refractivity contribution >= 4 is 34.8 Å². The number of pyridine rings is 2. The molecule has 44 heavy (non-hydrogen) atoms. The molecule has 1 aliphatic heterocycles. The Hall–Kier alpha value is -4.51. The lowest BCUT2D eigenvalue weighted by molar-refractivity contribution is 0.0927. The van der Waals surface area contributed by atoms with Gasteiger partial charge in [-0.05, 0) is 73.9 Å². The van der Waals surface area contributed by atoms with Gasteiger partial charge in [0.15, 0.2) is 11.4 Å². The van der Waals surface area contributed by atoms with Gasteiger partial charge in [0.1, 0.15) is 0 Å². The van der Waals surface area contributed by atoms with Crippen LogP contribution >= 0.6 is 0 Å². The summed E-state index contributed by atoms with van der Waals surface area (Å²) >= 11 is 0. The minimum atomic E-state index is -0.256. The van der Waals surface area contributed by atoms with E-state index in [1.165, 1.54) is 25.7 Å². The molecule has 2 aromatic heterocycles. The van der Waals surface area contributed by atoms with Gasteiger partial charge in [-0.15, -0.1) is 0 Å². The minimum Gasteiger partial charge on any atom is -0.397 e. The number of hydrogen-bond acceptors (Lipinski definition) is 8. The van der Waals surface area contributed by atoms with Gasteiger partial charge in [-0.1, -0.05) is 25.0 Å². The Balaban J connectivity index is 0.000000215. The number of ether oxygens (including phenoxy) is 1. The van der Waals surface area contributed by atoms with Crippen LogP contribution in [-0.2, 0) is 4.74 Å². The number of anilines is 3. The number of amides is 3. The number of nitrogens with two attached hydrogens (primary N) is 1. The fourth-order valence-corrected chi connectivity index (χ4v) is 5.27. The topological polar surface area (TPSA) is 152 Å². The van der Waals surface area contributed by atoms with Crippen molar-refractivity contribution in [2.75, 3.05) is 55.3 Å². The summed E-state index contributed by atoms with van der Waals surface area (Å²) in [6.45, 7) is 4.17. The van der Waals surface area contributed by atoms with E-state index < -0.39 is 0 Å². The number of carbonyl (C=O) groups is 3. The lowest BCUT2D eigenvalue weighted by atomic mass is 9.85. The lowest BCUT2D eigenvalue weighted by Crippen LogP contribution is -2.37. The Labute approximate surface area is 258 Å². The molecule has 3 amide bonds. The average molecular weight is 600 g/mol. The van der Waals surface area contributed by atoms with Gasteiger partial charge in [0.25, 0.3) is 17.7 Å². The van der Waals surface area contributed by atoms with Gasteiger partial charge >= 0.3 is 0 Å². The maximum atomic E-state index is 13.0. The molecular formula is C33H41N7O4. The van der Waals surface area contributed by atoms with E-state index in [9.17, 15) is 14.4 Å². The number of benzene rings is 1. The Morgan fingerprint density at radius 2 is 1.36 bits per heavy atom. The molecule has 1 saturated heterocycles. The summed E-state index contributed by atoms with van der Waals surface area (Å²) in [5.41, 5.74) is 8.51. The highest BCUT2D eigenvalue weighted by Gasteiger charge is 2.23. The molecule has 0 radical (unpaired) electrons. The second-order valence-electron chi connectivity index (χ2n) is 11.4. The fourth-order valence-electron chi connectivity index (χ4n) is 5.27. The number of nitrogens with zero attached hydrogens (tertiary/aromatic N) is 3. The molecule has 3 heterocycles. The first-order valence-electron chi connectivity index (χ1n) is 15.4. The highest BCUT2D eigenvalue weighted by molar-refractivity contribution is 6.11. The van der Waals surface area contributed by atoms with E-state index in [0.717, 1.165) is 38.2 Å². The van der Waals surface area contributed by atoms with Crippen LogP contribution in [0.5, 0.6) is 0 Å². The third-order valence-electron chi connectivity index (χ3n) is 8.38. The average Bonchev–Trinajstić information content (AvgIpc) is 3.00. The summed E-state index contributed by atoms with van der Waals surface area (Å²) in [4.78, 5) is 47.6. The second kappa shape index (κ2) is 15.3. The summed E-state index contributed by atoms with van der Waals surface area (Å²) in [6.07, 6.45) is 10.4. The molecule has 2 aliphatic carbocycles. The molecule has 0 atom stereocenters. The fraction of sp³-hybridized carbons (Fsp3) is 0.424. The molecule has 3 aromatic rings. The number of aromatic nitrogens is 2. The van der Waals surface area contributed by atoms with Crippen LogP contribution in [-0.4, -0.2) is 67.1 Å². The van der Waals surface area contributed by atoms with Crippen LogP contribution in [0.4, 0.5) is 17.1 Å². The van der Waals surface area contributed by atoms with Crippen LogP contribution in [0.25, 0.3) is 0 Å². The molecule has 3 aliphatic rings. The molecule has 5 N–H and O–H groups in total. The van der Waals surface area contributed by atoms with E-state index in [1.54, 1.807) is 42.7 Å². The Bertz CT molecular complexity index is 1430. The summed E-state index contributed by atoms with van der Waals surface area (Å²) in [6, 6.07) is 14.3. The van der Waals surface area contributed by atoms with Crippen molar-refractivity contribution in [3.05, 3.63) is 77.9 Å². The smallest absolute Gasteiger partial charge is 0.272 e. The largest absolute Gasteiger partial charge is 0.397 e. The van der Waals surface area contributed by atoms with Crippen LogP contribution in [0.3, 0.4) is 0 Å². The van der Waals surface area contributed by atoms with Crippen LogP contribution in [0, 0.1) is 11.8 Å². The number of para-hydroxylation sites is 1. The quantitative estimate of drug-likeness (QED) is 0.289. The van der Waals surface area contributed by atoms with Crippen LogP contribution < -0.4 is 26.6 Å². The van der Waals surface area contributed by atoms with Gasteiger partial charge in [0, 0.05) is 44.3 Å². The molecule has 11 heteroatoms. The maximum absolute atomic E-state index is 13.0. The number of nitrogen functional groups attached to an aromatic ring is 1. The number of hydrogen-bond donors (Lipinski definition) is 4. The zero-order chi connectivity index (χ0) is 30.7. The number of morpholine rings is 1. The van der Waals surface area contributed by atoms with E-state index >= 15 is 0 Å². The Kier molecular flexibility index (Phi) is 10.7. The SMILES string of the molecule is Nc1cccnc1C(=O)NCC1CCC1.O=C(Nc1cccnc1C(=O)NCC1CCC1)c1ccccc1N1CCOCC1. The van der Waals surface area contributed by atoms with E-state index in [4.69, 9.17) is 10.5 Å². The van der Waals surface area contributed by atoms with Crippen LogP contribution in [0.15, 0.2) is 60.9 Å². The maximum Gasteiger partial charge on any atom is 0.272 e. The van der Waals surface area contributed by atoms with Crippen molar-refractivity contribution in [2.45, 2.75) is 38.5 Å². The van der Waals surface area contributed by atoms with Crippen molar-refractivity contribution in [1.82, 2.24) is 20.6 Å². The van der Waals surface area contributed by atoms with Crippen LogP contribution in [0.2, 0.25) is 0 Å². The van der Waals surface area contributed by atoms with Crippen LogP contribution in [0.1, 0.15) is 69.9 Å². The molecule has 2 saturated carbocycles. The Morgan fingerprint density at radius 1 is 0.773 bits per heavy atom. The standard InChI is InChI=1S/C22H26N4O3.C11H15N3O/c27-21(17-7-1-2-9-19(17)26-11-13-29-14-12-26)25-18-8-4-10-23-20(18)22(28)24-15-16-5-3-6-16;12-9-5-2-6-13-10(9)11(15)14-7-8-3-1-4-8/h1-2,4,7-10,16H,3,5-6,11-15H2,(H,24,28)(H,25,27);2,5-6,8H,1,3-4,7,12H2,(H,14,15). The van der Waals surface area contributed by atoms with Gasteiger partial charge in [0.2, 0.25) is 0 Å². The molecule has 0 bridgehead atoms. The van der Waals surface area contributed by atoms with E-state index in [0.29, 0.717) is 54.2 Å². The third-order valence-corrected chi connectivity index (χ3v) is 8.38. The summed E-state index contributed by atoms with van der Waals surface area (Å²) < 4.78 is 5.42. The van der Waals surface area contributed by atoms with Gasteiger partial charge < -0.3 is 31.3 Å². The highest BCUT2D eigenvalue weighted by Crippen LogP contribution is 2.27. The molecule has 3 fully saturated rings. The van der Waals surface area contributed by atoms with E-state index in [2.05, 4.69) is 30.8 Å². The summed E-state index contributed by atoms with van der Waals surface area (Å²) in [5, 5.41) is 8.69. The lowest BCUT2D eigenvalue weighted by Gasteiger charge is -2.30. The third kappa shape index (κ3) is 8.10. The molecule has 1 aromatic carbocycles. The van der Waals surface area contributed by atoms with Crippen molar-refractivity contribution in [2.24, 2.45) is 11.8 Å². The van der Waals surface area contributed by atoms with E-state index in [-0.39, 0.29) is 23.4 Å². The minimum absolute atomic E-state index is 0.167. The molecule has 6 rings (SSSR count). The van der Waals surface area contributed by atoms with Gasteiger partial charge in [-0.2, -0.15) is 0 Å². The van der Waals surface area contributed by atoms with Gasteiger partial charge in [0.05, 0.1) is 30.2 Å². The second-order valence-corrected chi connectivity index (χ2v) is 11.4. The first-order valence-corrected chi connectivity index (χ1v) is 15.4. The molecule has 0 unspecified atom stereocenters. The molecule has 0 spiro atoms. The zero-order valence-corrected chi connectivity index (χ0v) is 25.0. The van der Waals surface area contributed by atoms with Crippen molar-refractivity contribution in [3.63, 3.8) is 0 Å². The number of carbonyl (C=O) groups excluding carboxylic acids is 3. The molecule has 11 nitrogen and oxygen atoms in total. The predicted molar refractivity (Wildman–Crippen MR) is 170 cm³/mol. The first kappa shape index (κ1) is 30.9.